The number of pyridine rings is 1. The van der Waals surface area contributed by atoms with Gasteiger partial charge >= 0.3 is 0 Å². The Bertz CT molecular complexity index is 390. The number of carbonyl (C=O) groups is 1. The van der Waals surface area contributed by atoms with Crippen molar-refractivity contribution in [1.82, 2.24) is 9.88 Å². The van der Waals surface area contributed by atoms with E-state index < -0.39 is 0 Å². The van der Waals surface area contributed by atoms with Gasteiger partial charge in [0.05, 0.1) is 5.56 Å². The second-order valence-electron chi connectivity index (χ2n) is 4.67. The zero-order valence-electron chi connectivity index (χ0n) is 11.7. The first kappa shape index (κ1) is 14.5. The van der Waals surface area contributed by atoms with Crippen molar-refractivity contribution >= 4 is 11.7 Å². The summed E-state index contributed by atoms with van der Waals surface area (Å²) in [6, 6.07) is 3.63. The molecule has 1 heterocycles. The second-order valence-corrected chi connectivity index (χ2v) is 4.67. The highest BCUT2D eigenvalue weighted by atomic mass is 16.2. The maximum absolute atomic E-state index is 12.5. The Hall–Kier alpha value is -1.58. The van der Waals surface area contributed by atoms with Crippen LogP contribution < -0.4 is 5.32 Å². The SMILES string of the molecule is CCNc1ncccc1C(=O)N(CC)CC(C)C. The Morgan fingerprint density at radius 3 is 2.72 bits per heavy atom. The number of anilines is 1. The lowest BCUT2D eigenvalue weighted by Gasteiger charge is -2.23. The number of carbonyl (C=O) groups excluding carboxylic acids is 1. The number of amides is 1. The molecule has 0 spiro atoms. The molecular formula is C14H23N3O. The zero-order valence-corrected chi connectivity index (χ0v) is 11.7. The zero-order chi connectivity index (χ0) is 13.5. The molecule has 0 fully saturated rings. The molecule has 1 aromatic rings. The third-order valence-corrected chi connectivity index (χ3v) is 2.64. The fourth-order valence-electron chi connectivity index (χ4n) is 1.85. The first-order valence-electron chi connectivity index (χ1n) is 6.58. The molecule has 0 aliphatic heterocycles. The van der Waals surface area contributed by atoms with Crippen LogP contribution in [0.25, 0.3) is 0 Å². The maximum atomic E-state index is 12.5. The predicted octanol–water partition coefficient (Wildman–Crippen LogP) is 2.63. The lowest BCUT2D eigenvalue weighted by molar-refractivity contribution is 0.0746. The number of nitrogens with zero attached hydrogens (tertiary/aromatic N) is 2. The van der Waals surface area contributed by atoms with Crippen LogP contribution in [-0.2, 0) is 0 Å². The van der Waals surface area contributed by atoms with Crippen molar-refractivity contribution in [1.29, 1.82) is 0 Å². The minimum atomic E-state index is 0.0512. The van der Waals surface area contributed by atoms with Gasteiger partial charge < -0.3 is 10.2 Å². The van der Waals surface area contributed by atoms with Crippen molar-refractivity contribution in [2.24, 2.45) is 5.92 Å². The van der Waals surface area contributed by atoms with Crippen molar-refractivity contribution in [2.75, 3.05) is 25.0 Å². The van der Waals surface area contributed by atoms with Gasteiger partial charge in [0.2, 0.25) is 0 Å². The van der Waals surface area contributed by atoms with E-state index in [2.05, 4.69) is 24.1 Å². The summed E-state index contributed by atoms with van der Waals surface area (Å²) in [5.41, 5.74) is 0.654. The first-order chi connectivity index (χ1) is 8.60. The molecule has 0 atom stereocenters. The molecule has 0 saturated heterocycles. The summed E-state index contributed by atoms with van der Waals surface area (Å²) in [7, 11) is 0. The summed E-state index contributed by atoms with van der Waals surface area (Å²) in [4.78, 5) is 18.5. The average Bonchev–Trinajstić information content (AvgIpc) is 2.36. The number of rotatable bonds is 6. The van der Waals surface area contributed by atoms with Gasteiger partial charge in [-0.3, -0.25) is 4.79 Å². The van der Waals surface area contributed by atoms with E-state index >= 15 is 0 Å². The molecule has 0 saturated carbocycles. The normalized spacial score (nSPS) is 10.5. The Labute approximate surface area is 109 Å². The van der Waals surface area contributed by atoms with Crippen molar-refractivity contribution in [2.45, 2.75) is 27.7 Å². The van der Waals surface area contributed by atoms with Crippen molar-refractivity contribution in [3.8, 4) is 0 Å². The smallest absolute Gasteiger partial charge is 0.257 e. The summed E-state index contributed by atoms with van der Waals surface area (Å²) in [5.74, 6) is 1.19. The summed E-state index contributed by atoms with van der Waals surface area (Å²) in [6.45, 7) is 10.5. The lowest BCUT2D eigenvalue weighted by Crippen LogP contribution is -2.34. The highest BCUT2D eigenvalue weighted by molar-refractivity contribution is 5.98. The van der Waals surface area contributed by atoms with Crippen LogP contribution >= 0.6 is 0 Å². The van der Waals surface area contributed by atoms with Crippen LogP contribution in [0.5, 0.6) is 0 Å². The van der Waals surface area contributed by atoms with Crippen molar-refractivity contribution < 1.29 is 4.79 Å². The molecule has 4 heteroatoms. The molecule has 100 valence electrons. The number of aromatic nitrogens is 1. The summed E-state index contributed by atoms with van der Waals surface area (Å²) < 4.78 is 0. The molecule has 1 N–H and O–H groups in total. The Balaban J connectivity index is 2.93. The van der Waals surface area contributed by atoms with E-state index in [0.717, 1.165) is 19.6 Å². The first-order valence-corrected chi connectivity index (χ1v) is 6.58. The van der Waals surface area contributed by atoms with E-state index in [1.807, 2.05) is 24.8 Å². The molecule has 0 aliphatic carbocycles. The molecule has 0 radical (unpaired) electrons. The Morgan fingerprint density at radius 2 is 2.17 bits per heavy atom. The molecule has 1 amide bonds. The lowest BCUT2D eigenvalue weighted by atomic mass is 10.1. The third-order valence-electron chi connectivity index (χ3n) is 2.64. The van der Waals surface area contributed by atoms with Gasteiger partial charge in [0.25, 0.3) is 5.91 Å². The molecule has 1 aromatic heterocycles. The molecule has 0 aromatic carbocycles. The largest absolute Gasteiger partial charge is 0.370 e. The summed E-state index contributed by atoms with van der Waals surface area (Å²) in [6.07, 6.45) is 1.70. The number of hydrogen-bond donors (Lipinski definition) is 1. The van der Waals surface area contributed by atoms with Gasteiger partial charge in [-0.25, -0.2) is 4.98 Å². The van der Waals surface area contributed by atoms with Gasteiger partial charge in [-0.05, 0) is 31.9 Å². The van der Waals surface area contributed by atoms with E-state index in [1.54, 1.807) is 12.3 Å². The molecule has 1 rings (SSSR count). The van der Waals surface area contributed by atoms with Gasteiger partial charge in [-0.2, -0.15) is 0 Å². The summed E-state index contributed by atoms with van der Waals surface area (Å²) in [5, 5.41) is 3.13. The van der Waals surface area contributed by atoms with E-state index in [1.165, 1.54) is 0 Å². The van der Waals surface area contributed by atoms with Crippen LogP contribution in [0.1, 0.15) is 38.1 Å². The molecule has 0 aliphatic rings. The number of hydrogen-bond acceptors (Lipinski definition) is 3. The van der Waals surface area contributed by atoms with Crippen LogP contribution in [0.3, 0.4) is 0 Å². The highest BCUT2D eigenvalue weighted by Gasteiger charge is 2.18. The third kappa shape index (κ3) is 3.72. The maximum Gasteiger partial charge on any atom is 0.257 e. The molecule has 0 unspecified atom stereocenters. The predicted molar refractivity (Wildman–Crippen MR) is 74.8 cm³/mol. The van der Waals surface area contributed by atoms with E-state index in [0.29, 0.717) is 17.3 Å². The summed E-state index contributed by atoms with van der Waals surface area (Å²) >= 11 is 0. The van der Waals surface area contributed by atoms with Crippen LogP contribution in [0.2, 0.25) is 0 Å². The van der Waals surface area contributed by atoms with Gasteiger partial charge in [0.15, 0.2) is 0 Å². The van der Waals surface area contributed by atoms with Crippen LogP contribution in [0, 0.1) is 5.92 Å². The van der Waals surface area contributed by atoms with Crippen molar-refractivity contribution in [3.05, 3.63) is 23.9 Å². The van der Waals surface area contributed by atoms with Gasteiger partial charge in [-0.15, -0.1) is 0 Å². The van der Waals surface area contributed by atoms with E-state index in [9.17, 15) is 4.79 Å². The molecule has 4 nitrogen and oxygen atoms in total. The minimum Gasteiger partial charge on any atom is -0.370 e. The molecular weight excluding hydrogens is 226 g/mol. The van der Waals surface area contributed by atoms with Gasteiger partial charge in [0, 0.05) is 25.8 Å². The van der Waals surface area contributed by atoms with Gasteiger partial charge in [-0.1, -0.05) is 13.8 Å². The molecule has 18 heavy (non-hydrogen) atoms. The molecule has 0 bridgehead atoms. The Morgan fingerprint density at radius 1 is 1.44 bits per heavy atom. The van der Waals surface area contributed by atoms with Crippen molar-refractivity contribution in [3.63, 3.8) is 0 Å². The topological polar surface area (TPSA) is 45.2 Å². The minimum absolute atomic E-state index is 0.0512. The van der Waals surface area contributed by atoms with Crippen LogP contribution in [0.4, 0.5) is 5.82 Å². The van der Waals surface area contributed by atoms with E-state index in [4.69, 9.17) is 0 Å². The standard InChI is InChI=1S/C14H23N3O/c1-5-15-13-12(8-7-9-16-13)14(18)17(6-2)10-11(3)4/h7-9,11H,5-6,10H2,1-4H3,(H,15,16). The monoisotopic (exact) mass is 249 g/mol. The number of nitrogens with one attached hydrogen (secondary N) is 1. The van der Waals surface area contributed by atoms with Crippen LogP contribution in [-0.4, -0.2) is 35.4 Å². The Kier molecular flexibility index (Phi) is 5.62. The van der Waals surface area contributed by atoms with E-state index in [-0.39, 0.29) is 5.91 Å². The fraction of sp³-hybridized carbons (Fsp3) is 0.571. The quantitative estimate of drug-likeness (QED) is 0.843. The average molecular weight is 249 g/mol. The van der Waals surface area contributed by atoms with Gasteiger partial charge in [0.1, 0.15) is 5.82 Å². The fourth-order valence-corrected chi connectivity index (χ4v) is 1.85. The second kappa shape index (κ2) is 6.99. The van der Waals surface area contributed by atoms with Crippen LogP contribution in [0.15, 0.2) is 18.3 Å². The highest BCUT2D eigenvalue weighted by Crippen LogP contribution is 2.15.